The summed E-state index contributed by atoms with van der Waals surface area (Å²) < 4.78 is 10.6. The molecule has 0 spiro atoms. The number of hydrogen-bond donors (Lipinski definition) is 0. The number of likely N-dealkylation sites (N-methyl/N-ethyl adjacent to an activating group) is 1. The zero-order chi connectivity index (χ0) is 11.8. The fourth-order valence-corrected chi connectivity index (χ4v) is 2.11. The molecule has 17 heavy (non-hydrogen) atoms. The van der Waals surface area contributed by atoms with Crippen LogP contribution in [0.1, 0.15) is 5.56 Å². The van der Waals surface area contributed by atoms with Crippen molar-refractivity contribution in [3.8, 4) is 11.5 Å². The molecule has 1 fully saturated rings. The third-order valence-electron chi connectivity index (χ3n) is 3.11. The van der Waals surface area contributed by atoms with E-state index in [-0.39, 0.29) is 12.8 Å². The van der Waals surface area contributed by atoms with E-state index < -0.39 is 0 Å². The van der Waals surface area contributed by atoms with E-state index in [0.717, 1.165) is 30.2 Å². The van der Waals surface area contributed by atoms with E-state index in [1.807, 2.05) is 30.1 Å². The van der Waals surface area contributed by atoms with Gasteiger partial charge < -0.3 is 19.3 Å². The molecule has 2 heterocycles. The second-order valence-electron chi connectivity index (χ2n) is 4.31. The maximum absolute atomic E-state index is 11.7. The molecule has 0 aromatic heterocycles. The largest absolute Gasteiger partial charge is 0.454 e. The van der Waals surface area contributed by atoms with Gasteiger partial charge in [0.25, 0.3) is 0 Å². The molecule has 0 aliphatic carbocycles. The molecule has 0 N–H and O–H groups in total. The summed E-state index contributed by atoms with van der Waals surface area (Å²) in [5.74, 6) is 1.54. The first-order valence-corrected chi connectivity index (χ1v) is 5.62. The molecule has 1 saturated heterocycles. The summed E-state index contributed by atoms with van der Waals surface area (Å²) in [6.45, 7) is 2.48. The van der Waals surface area contributed by atoms with Crippen LogP contribution in [0.4, 0.5) is 4.79 Å². The number of carbonyl (C=O) groups excluding carboxylic acids is 1. The lowest BCUT2D eigenvalue weighted by atomic mass is 10.2. The topological polar surface area (TPSA) is 42.0 Å². The average molecular weight is 234 g/mol. The first-order valence-electron chi connectivity index (χ1n) is 5.62. The fraction of sp³-hybridized carbons (Fsp3) is 0.417. The molecular weight excluding hydrogens is 220 g/mol. The number of nitrogens with zero attached hydrogens (tertiary/aromatic N) is 2. The lowest BCUT2D eigenvalue weighted by molar-refractivity contribution is 0.174. The summed E-state index contributed by atoms with van der Waals surface area (Å²) in [4.78, 5) is 15.3. The van der Waals surface area contributed by atoms with Crippen molar-refractivity contribution in [2.75, 3.05) is 26.9 Å². The van der Waals surface area contributed by atoms with Crippen molar-refractivity contribution in [3.05, 3.63) is 23.8 Å². The maximum atomic E-state index is 11.7. The summed E-state index contributed by atoms with van der Waals surface area (Å²) in [6.07, 6.45) is 0. The number of urea groups is 1. The summed E-state index contributed by atoms with van der Waals surface area (Å²) in [5.41, 5.74) is 1.07. The van der Waals surface area contributed by atoms with Crippen LogP contribution in [0.3, 0.4) is 0 Å². The Morgan fingerprint density at radius 2 is 2.06 bits per heavy atom. The van der Waals surface area contributed by atoms with E-state index in [9.17, 15) is 4.79 Å². The highest BCUT2D eigenvalue weighted by molar-refractivity contribution is 5.76. The van der Waals surface area contributed by atoms with Crippen LogP contribution < -0.4 is 9.47 Å². The van der Waals surface area contributed by atoms with Gasteiger partial charge in [-0.05, 0) is 17.7 Å². The zero-order valence-electron chi connectivity index (χ0n) is 9.68. The Bertz CT molecular complexity index is 461. The minimum Gasteiger partial charge on any atom is -0.454 e. The molecule has 0 radical (unpaired) electrons. The van der Waals surface area contributed by atoms with Crippen LogP contribution in [-0.2, 0) is 6.54 Å². The van der Waals surface area contributed by atoms with Gasteiger partial charge >= 0.3 is 6.03 Å². The van der Waals surface area contributed by atoms with Crippen LogP contribution >= 0.6 is 0 Å². The van der Waals surface area contributed by atoms with Gasteiger partial charge in [0.05, 0.1) is 0 Å². The van der Waals surface area contributed by atoms with Crippen LogP contribution in [0.5, 0.6) is 11.5 Å². The van der Waals surface area contributed by atoms with Gasteiger partial charge in [0.1, 0.15) is 0 Å². The van der Waals surface area contributed by atoms with Crippen LogP contribution in [0, 0.1) is 0 Å². The Balaban J connectivity index is 1.75. The molecular formula is C12H14N2O3. The highest BCUT2D eigenvalue weighted by Gasteiger charge is 2.25. The van der Waals surface area contributed by atoms with Gasteiger partial charge in [-0.3, -0.25) is 0 Å². The number of rotatable bonds is 2. The number of benzene rings is 1. The second kappa shape index (κ2) is 3.84. The minimum absolute atomic E-state index is 0.0858. The summed E-state index contributed by atoms with van der Waals surface area (Å²) >= 11 is 0. The van der Waals surface area contributed by atoms with Crippen molar-refractivity contribution < 1.29 is 14.3 Å². The van der Waals surface area contributed by atoms with Crippen molar-refractivity contribution in [1.82, 2.24) is 9.80 Å². The van der Waals surface area contributed by atoms with Crippen molar-refractivity contribution in [2.45, 2.75) is 6.54 Å². The molecule has 5 heteroatoms. The van der Waals surface area contributed by atoms with E-state index in [0.29, 0.717) is 6.54 Å². The van der Waals surface area contributed by atoms with E-state index >= 15 is 0 Å². The van der Waals surface area contributed by atoms with Crippen molar-refractivity contribution in [1.29, 1.82) is 0 Å². The molecule has 3 rings (SSSR count). The Hall–Kier alpha value is -1.91. The van der Waals surface area contributed by atoms with Crippen molar-refractivity contribution >= 4 is 6.03 Å². The van der Waals surface area contributed by atoms with Crippen molar-refractivity contribution in [2.24, 2.45) is 0 Å². The molecule has 2 amide bonds. The van der Waals surface area contributed by atoms with E-state index in [2.05, 4.69) is 0 Å². The van der Waals surface area contributed by atoms with Gasteiger partial charge in [-0.2, -0.15) is 0 Å². The fourth-order valence-electron chi connectivity index (χ4n) is 2.11. The summed E-state index contributed by atoms with van der Waals surface area (Å²) in [6, 6.07) is 5.89. The number of ether oxygens (including phenoxy) is 2. The van der Waals surface area contributed by atoms with Crippen LogP contribution in [-0.4, -0.2) is 42.8 Å². The van der Waals surface area contributed by atoms with Gasteiger partial charge in [-0.1, -0.05) is 6.07 Å². The number of fused-ring (bicyclic) bond motifs is 1. The quantitative estimate of drug-likeness (QED) is 0.774. The predicted octanol–water partition coefficient (Wildman–Crippen LogP) is 1.28. The zero-order valence-corrected chi connectivity index (χ0v) is 9.68. The third kappa shape index (κ3) is 1.77. The molecule has 0 bridgehead atoms. The third-order valence-corrected chi connectivity index (χ3v) is 3.11. The Morgan fingerprint density at radius 1 is 1.24 bits per heavy atom. The Morgan fingerprint density at radius 3 is 2.82 bits per heavy atom. The lowest BCUT2D eigenvalue weighted by Crippen LogP contribution is -2.28. The lowest BCUT2D eigenvalue weighted by Gasteiger charge is -2.16. The van der Waals surface area contributed by atoms with E-state index in [4.69, 9.17) is 9.47 Å². The number of hydrogen-bond acceptors (Lipinski definition) is 3. The molecule has 90 valence electrons. The van der Waals surface area contributed by atoms with E-state index in [1.165, 1.54) is 0 Å². The summed E-state index contributed by atoms with van der Waals surface area (Å²) in [5, 5.41) is 0. The normalized spacial score (nSPS) is 18.1. The molecule has 0 unspecified atom stereocenters. The van der Waals surface area contributed by atoms with Crippen molar-refractivity contribution in [3.63, 3.8) is 0 Å². The first kappa shape index (κ1) is 10.3. The molecule has 2 aliphatic heterocycles. The highest BCUT2D eigenvalue weighted by Crippen LogP contribution is 2.32. The SMILES string of the molecule is CN1CCN(Cc2ccc3c(c2)OCO3)C1=O. The van der Waals surface area contributed by atoms with Gasteiger partial charge in [0.2, 0.25) is 6.79 Å². The molecule has 0 atom stereocenters. The van der Waals surface area contributed by atoms with Crippen LogP contribution in [0.2, 0.25) is 0 Å². The average Bonchev–Trinajstić information content (AvgIpc) is 2.90. The van der Waals surface area contributed by atoms with Gasteiger partial charge in [0, 0.05) is 26.7 Å². The smallest absolute Gasteiger partial charge is 0.320 e. The predicted molar refractivity (Wildman–Crippen MR) is 61.0 cm³/mol. The van der Waals surface area contributed by atoms with E-state index in [1.54, 1.807) is 4.90 Å². The second-order valence-corrected chi connectivity index (χ2v) is 4.31. The highest BCUT2D eigenvalue weighted by atomic mass is 16.7. The standard InChI is InChI=1S/C12H14N2O3/c1-13-4-5-14(12(13)15)7-9-2-3-10-11(6-9)17-8-16-10/h2-3,6H,4-5,7-8H2,1H3. The molecule has 2 aliphatic rings. The van der Waals surface area contributed by atoms with Crippen LogP contribution in [0.15, 0.2) is 18.2 Å². The van der Waals surface area contributed by atoms with Gasteiger partial charge in [-0.15, -0.1) is 0 Å². The molecule has 5 nitrogen and oxygen atoms in total. The number of carbonyl (C=O) groups is 1. The Labute approximate surface area is 99.5 Å². The monoisotopic (exact) mass is 234 g/mol. The first-order chi connectivity index (χ1) is 8.24. The molecule has 1 aromatic rings. The molecule has 1 aromatic carbocycles. The summed E-state index contributed by atoms with van der Waals surface area (Å²) in [7, 11) is 1.82. The number of amides is 2. The minimum atomic E-state index is 0.0858. The molecule has 0 saturated carbocycles. The Kier molecular flexibility index (Phi) is 2.31. The van der Waals surface area contributed by atoms with Gasteiger partial charge in [0.15, 0.2) is 11.5 Å². The maximum Gasteiger partial charge on any atom is 0.320 e. The van der Waals surface area contributed by atoms with Crippen LogP contribution in [0.25, 0.3) is 0 Å². The van der Waals surface area contributed by atoms with Gasteiger partial charge in [-0.25, -0.2) is 4.79 Å².